The van der Waals surface area contributed by atoms with E-state index in [1.165, 1.54) is 51.4 Å². The second-order valence-electron chi connectivity index (χ2n) is 8.35. The summed E-state index contributed by atoms with van der Waals surface area (Å²) in [7, 11) is -0.639. The maximum absolute atomic E-state index is 12.3. The van der Waals surface area contributed by atoms with E-state index in [9.17, 15) is 13.8 Å². The second kappa shape index (κ2) is 17.4. The van der Waals surface area contributed by atoms with E-state index >= 15 is 0 Å². The molecule has 1 N–H and O–H groups in total. The van der Waals surface area contributed by atoms with Crippen LogP contribution >= 0.6 is 12.6 Å². The number of unbranched alkanes of at least 4 members (excludes halogenated alkanes) is 10. The smallest absolute Gasteiger partial charge is 0.224 e. The Morgan fingerprint density at radius 3 is 1.94 bits per heavy atom. The molecule has 0 bridgehead atoms. The molecule has 2 unspecified atom stereocenters. The molecule has 0 radical (unpaired) electrons. The fourth-order valence-electron chi connectivity index (χ4n) is 3.84. The standard InChI is InChI=1S/C25H41NO3S2/c1-3-21(25(28)30)22-17-14-15-18-23(22)26-24(27)19-13-11-9-7-5-4-6-8-10-12-16-20-31(2)29/h14-15,17-18,21H,3-13,16,19-20H2,1-2H3,(H,26,27)(H,28,30). The highest BCUT2D eigenvalue weighted by molar-refractivity contribution is 7.96. The number of benzene rings is 1. The van der Waals surface area contributed by atoms with Crippen LogP contribution < -0.4 is 5.32 Å². The summed E-state index contributed by atoms with van der Waals surface area (Å²) in [5.74, 6) is 0.571. The molecule has 2 atom stereocenters. The van der Waals surface area contributed by atoms with Gasteiger partial charge in [-0.1, -0.05) is 82.9 Å². The SMILES string of the molecule is CCC(C(=O)S)c1ccccc1NC(=O)CCCCCCCCCCCCCS(C)=O. The lowest BCUT2D eigenvalue weighted by molar-refractivity contribution is -0.116. The molecular formula is C25H41NO3S2. The van der Waals surface area contributed by atoms with Crippen LogP contribution in [0.1, 0.15) is 102 Å². The zero-order chi connectivity index (χ0) is 22.9. The average Bonchev–Trinajstić information content (AvgIpc) is 2.72. The van der Waals surface area contributed by atoms with Gasteiger partial charge in [0, 0.05) is 34.9 Å². The third kappa shape index (κ3) is 13.1. The Labute approximate surface area is 197 Å². The summed E-state index contributed by atoms with van der Waals surface area (Å²) in [6.45, 7) is 1.95. The van der Waals surface area contributed by atoms with E-state index in [2.05, 4.69) is 17.9 Å². The van der Waals surface area contributed by atoms with E-state index in [0.717, 1.165) is 36.3 Å². The summed E-state index contributed by atoms with van der Waals surface area (Å²) in [6.07, 6.45) is 16.1. The first-order valence-corrected chi connectivity index (χ1v) is 14.0. The monoisotopic (exact) mass is 467 g/mol. The Morgan fingerprint density at radius 1 is 0.903 bits per heavy atom. The molecule has 0 saturated carbocycles. The van der Waals surface area contributed by atoms with Crippen LogP contribution in [-0.2, 0) is 20.4 Å². The quantitative estimate of drug-likeness (QED) is 0.188. The number of para-hydroxylation sites is 1. The number of thiol groups is 1. The summed E-state index contributed by atoms with van der Waals surface area (Å²) in [4.78, 5) is 24.1. The maximum Gasteiger partial charge on any atom is 0.224 e. The van der Waals surface area contributed by atoms with Gasteiger partial charge >= 0.3 is 0 Å². The Balaban J connectivity index is 2.11. The number of hydrogen-bond acceptors (Lipinski definition) is 3. The van der Waals surface area contributed by atoms with Gasteiger partial charge in [-0.15, -0.1) is 12.6 Å². The lowest BCUT2D eigenvalue weighted by Gasteiger charge is -2.16. The van der Waals surface area contributed by atoms with Gasteiger partial charge in [-0.2, -0.15) is 0 Å². The highest BCUT2D eigenvalue weighted by Crippen LogP contribution is 2.29. The molecule has 1 aromatic carbocycles. The Morgan fingerprint density at radius 2 is 1.42 bits per heavy atom. The first-order valence-electron chi connectivity index (χ1n) is 11.9. The summed E-state index contributed by atoms with van der Waals surface area (Å²) in [6, 6.07) is 7.52. The zero-order valence-electron chi connectivity index (χ0n) is 19.4. The van der Waals surface area contributed by atoms with Crippen LogP contribution in [0.15, 0.2) is 24.3 Å². The van der Waals surface area contributed by atoms with E-state index in [4.69, 9.17) is 0 Å². The van der Waals surface area contributed by atoms with Crippen LogP contribution in [0.25, 0.3) is 0 Å². The predicted octanol–water partition coefficient (Wildman–Crippen LogP) is 6.63. The molecule has 0 heterocycles. The lowest BCUT2D eigenvalue weighted by Crippen LogP contribution is -2.15. The van der Waals surface area contributed by atoms with Crippen LogP contribution in [0, 0.1) is 0 Å². The molecule has 0 fully saturated rings. The Bertz CT molecular complexity index is 678. The Hall–Kier alpha value is -1.14. The first-order chi connectivity index (χ1) is 15.0. The van der Waals surface area contributed by atoms with Crippen molar-refractivity contribution in [1.82, 2.24) is 0 Å². The van der Waals surface area contributed by atoms with E-state index < -0.39 is 10.8 Å². The van der Waals surface area contributed by atoms with Gasteiger partial charge in [0.1, 0.15) is 0 Å². The molecule has 1 aromatic rings. The van der Waals surface area contributed by atoms with E-state index in [1.54, 1.807) is 6.26 Å². The molecule has 31 heavy (non-hydrogen) atoms. The molecule has 1 rings (SSSR count). The highest BCUT2D eigenvalue weighted by atomic mass is 32.2. The molecule has 0 aliphatic carbocycles. The van der Waals surface area contributed by atoms with Crippen molar-refractivity contribution < 1.29 is 13.8 Å². The van der Waals surface area contributed by atoms with E-state index in [1.807, 2.05) is 31.2 Å². The van der Waals surface area contributed by atoms with Crippen molar-refractivity contribution in [3.05, 3.63) is 29.8 Å². The second-order valence-corrected chi connectivity index (χ2v) is 10.3. The zero-order valence-corrected chi connectivity index (χ0v) is 21.1. The van der Waals surface area contributed by atoms with Gasteiger partial charge < -0.3 is 5.32 Å². The van der Waals surface area contributed by atoms with Crippen LogP contribution in [0.5, 0.6) is 0 Å². The molecule has 176 valence electrons. The third-order valence-electron chi connectivity index (χ3n) is 5.65. The van der Waals surface area contributed by atoms with Crippen molar-refractivity contribution in [2.75, 3.05) is 17.3 Å². The van der Waals surface area contributed by atoms with E-state index in [0.29, 0.717) is 12.8 Å². The van der Waals surface area contributed by atoms with Crippen molar-refractivity contribution in [1.29, 1.82) is 0 Å². The average molecular weight is 468 g/mol. The van der Waals surface area contributed by atoms with Crippen LogP contribution in [0.2, 0.25) is 0 Å². The first kappa shape index (κ1) is 27.9. The number of anilines is 1. The highest BCUT2D eigenvalue weighted by Gasteiger charge is 2.19. The molecule has 0 aliphatic rings. The molecule has 0 saturated heterocycles. The topological polar surface area (TPSA) is 63.2 Å². The van der Waals surface area contributed by atoms with Gasteiger partial charge in [0.25, 0.3) is 0 Å². The number of rotatable bonds is 18. The van der Waals surface area contributed by atoms with Gasteiger partial charge in [0.2, 0.25) is 5.91 Å². The molecular weight excluding hydrogens is 426 g/mol. The summed E-state index contributed by atoms with van der Waals surface area (Å²) < 4.78 is 11.0. The largest absolute Gasteiger partial charge is 0.326 e. The lowest BCUT2D eigenvalue weighted by atomic mass is 9.96. The van der Waals surface area contributed by atoms with Crippen molar-refractivity contribution >= 4 is 40.1 Å². The van der Waals surface area contributed by atoms with Crippen molar-refractivity contribution in [3.8, 4) is 0 Å². The van der Waals surface area contributed by atoms with Crippen molar-refractivity contribution in [2.45, 2.75) is 96.3 Å². The number of amides is 1. The summed E-state index contributed by atoms with van der Waals surface area (Å²) in [5, 5.41) is 2.82. The van der Waals surface area contributed by atoms with Crippen LogP contribution in [0.4, 0.5) is 5.69 Å². The van der Waals surface area contributed by atoms with Gasteiger partial charge in [0.15, 0.2) is 5.12 Å². The molecule has 4 nitrogen and oxygen atoms in total. The van der Waals surface area contributed by atoms with Crippen molar-refractivity contribution in [2.24, 2.45) is 0 Å². The fourth-order valence-corrected chi connectivity index (χ4v) is 4.77. The minimum Gasteiger partial charge on any atom is -0.326 e. The number of carbonyl (C=O) groups excluding carboxylic acids is 2. The van der Waals surface area contributed by atoms with Crippen molar-refractivity contribution in [3.63, 3.8) is 0 Å². The van der Waals surface area contributed by atoms with Gasteiger partial charge in [-0.25, -0.2) is 0 Å². The van der Waals surface area contributed by atoms with E-state index in [-0.39, 0.29) is 16.9 Å². The maximum atomic E-state index is 12.3. The number of nitrogens with one attached hydrogen (secondary N) is 1. The van der Waals surface area contributed by atoms with Gasteiger partial charge in [-0.3, -0.25) is 13.8 Å². The minimum atomic E-state index is -0.639. The van der Waals surface area contributed by atoms with Gasteiger partial charge in [-0.05, 0) is 30.9 Å². The predicted molar refractivity (Wildman–Crippen MR) is 136 cm³/mol. The molecule has 1 amide bonds. The molecule has 0 spiro atoms. The Kier molecular flexibility index (Phi) is 15.7. The number of carbonyl (C=O) groups is 2. The fraction of sp³-hybridized carbons (Fsp3) is 0.680. The molecule has 0 aliphatic heterocycles. The van der Waals surface area contributed by atoms with Crippen LogP contribution in [0.3, 0.4) is 0 Å². The van der Waals surface area contributed by atoms with Gasteiger partial charge in [0.05, 0.1) is 5.92 Å². The number of hydrogen-bond donors (Lipinski definition) is 2. The normalized spacial score (nSPS) is 13.0. The minimum absolute atomic E-state index is 0.0147. The summed E-state index contributed by atoms with van der Waals surface area (Å²) in [5.41, 5.74) is 1.57. The molecule has 0 aromatic heterocycles. The third-order valence-corrected chi connectivity index (χ3v) is 6.83. The summed E-state index contributed by atoms with van der Waals surface area (Å²) >= 11 is 4.00. The van der Waals surface area contributed by atoms with Crippen LogP contribution in [-0.4, -0.2) is 27.2 Å². The molecule has 6 heteroatoms.